The first-order valence-corrected chi connectivity index (χ1v) is 5.27. The summed E-state index contributed by atoms with van der Waals surface area (Å²) in [5, 5.41) is 2.54. The molecule has 1 rings (SSSR count). The first-order valence-electron chi connectivity index (χ1n) is 4.19. The number of pyridine rings is 1. The number of anilines is 1. The van der Waals surface area contributed by atoms with Crippen LogP contribution in [0.25, 0.3) is 0 Å². The maximum Gasteiger partial charge on any atom is 0.254 e. The van der Waals surface area contributed by atoms with Crippen molar-refractivity contribution in [3.8, 4) is 0 Å². The molecule has 0 radical (unpaired) electrons. The van der Waals surface area contributed by atoms with Crippen LogP contribution in [0.5, 0.6) is 0 Å². The molecule has 0 aliphatic heterocycles. The van der Waals surface area contributed by atoms with E-state index in [0.717, 1.165) is 6.20 Å². The Labute approximate surface area is 100 Å². The summed E-state index contributed by atoms with van der Waals surface area (Å²) in [5.74, 6) is -0.405. The van der Waals surface area contributed by atoms with Gasteiger partial charge in [0.25, 0.3) is 5.91 Å². The van der Waals surface area contributed by atoms with Crippen LogP contribution in [-0.2, 0) is 9.53 Å². The quantitative estimate of drug-likeness (QED) is 0.863. The molecule has 0 spiro atoms. The van der Waals surface area contributed by atoms with Gasteiger partial charge in [0.1, 0.15) is 17.7 Å². The number of carbonyl (C=O) groups is 1. The molecule has 0 aliphatic rings. The topological polar surface area (TPSA) is 51.2 Å². The first kappa shape index (κ1) is 12.3. The van der Waals surface area contributed by atoms with Crippen LogP contribution in [-0.4, -0.2) is 24.1 Å². The number of nitrogens with zero attached hydrogens (tertiary/aromatic N) is 1. The van der Waals surface area contributed by atoms with Gasteiger partial charge in [-0.3, -0.25) is 4.79 Å². The van der Waals surface area contributed by atoms with Crippen LogP contribution >= 0.6 is 22.6 Å². The fourth-order valence-corrected chi connectivity index (χ4v) is 1.40. The van der Waals surface area contributed by atoms with E-state index in [4.69, 9.17) is 4.74 Å². The average Bonchev–Trinajstić information content (AvgIpc) is 2.20. The largest absolute Gasteiger partial charge is 0.372 e. The van der Waals surface area contributed by atoms with Crippen LogP contribution in [0.15, 0.2) is 12.3 Å². The Morgan fingerprint density at radius 2 is 2.40 bits per heavy atom. The zero-order valence-corrected chi connectivity index (χ0v) is 10.4. The van der Waals surface area contributed by atoms with Gasteiger partial charge in [-0.05, 0) is 35.6 Å². The molecule has 82 valence electrons. The van der Waals surface area contributed by atoms with E-state index in [1.54, 1.807) is 6.92 Å². The summed E-state index contributed by atoms with van der Waals surface area (Å²) in [6.07, 6.45) is 0.488. The highest BCUT2D eigenvalue weighted by atomic mass is 127. The van der Waals surface area contributed by atoms with Gasteiger partial charge >= 0.3 is 0 Å². The maximum absolute atomic E-state index is 12.7. The van der Waals surface area contributed by atoms with Crippen LogP contribution in [0.4, 0.5) is 10.2 Å². The summed E-state index contributed by atoms with van der Waals surface area (Å²) in [6.45, 7) is 1.62. The number of carbonyl (C=O) groups excluding carboxylic acids is 1. The molecule has 1 heterocycles. The summed E-state index contributed by atoms with van der Waals surface area (Å²) >= 11 is 1.90. The molecule has 15 heavy (non-hydrogen) atoms. The normalized spacial score (nSPS) is 12.3. The van der Waals surface area contributed by atoms with E-state index >= 15 is 0 Å². The molecular formula is C9H10FIN2O2. The molecule has 0 unspecified atom stereocenters. The molecule has 0 saturated heterocycles. The van der Waals surface area contributed by atoms with E-state index < -0.39 is 11.9 Å². The number of aromatic nitrogens is 1. The second-order valence-corrected chi connectivity index (χ2v) is 4.01. The van der Waals surface area contributed by atoms with Gasteiger partial charge < -0.3 is 10.1 Å². The van der Waals surface area contributed by atoms with Crippen LogP contribution in [0.2, 0.25) is 0 Å². The minimum absolute atomic E-state index is 0.311. The van der Waals surface area contributed by atoms with Crippen molar-refractivity contribution in [3.63, 3.8) is 0 Å². The van der Waals surface area contributed by atoms with Crippen molar-refractivity contribution in [2.45, 2.75) is 13.0 Å². The molecule has 1 atom stereocenters. The summed E-state index contributed by atoms with van der Waals surface area (Å²) < 4.78 is 18.1. The monoisotopic (exact) mass is 324 g/mol. The molecule has 1 amide bonds. The van der Waals surface area contributed by atoms with E-state index in [1.165, 1.54) is 13.2 Å². The Morgan fingerprint density at radius 1 is 1.73 bits per heavy atom. The molecule has 0 bridgehead atoms. The molecule has 1 N–H and O–H groups in total. The van der Waals surface area contributed by atoms with Crippen LogP contribution in [0, 0.1) is 9.39 Å². The number of nitrogens with one attached hydrogen (secondary N) is 1. The van der Waals surface area contributed by atoms with E-state index in [-0.39, 0.29) is 5.91 Å². The lowest BCUT2D eigenvalue weighted by atomic mass is 10.3. The second kappa shape index (κ2) is 5.36. The Morgan fingerprint density at radius 3 is 2.93 bits per heavy atom. The van der Waals surface area contributed by atoms with Crippen molar-refractivity contribution < 1.29 is 13.9 Å². The highest BCUT2D eigenvalue weighted by Crippen LogP contribution is 2.16. The minimum Gasteiger partial charge on any atom is -0.372 e. The molecule has 4 nitrogen and oxygen atoms in total. The second-order valence-electron chi connectivity index (χ2n) is 2.85. The summed E-state index contributed by atoms with van der Waals surface area (Å²) in [4.78, 5) is 15.2. The first-order chi connectivity index (χ1) is 7.04. The molecule has 0 fully saturated rings. The lowest BCUT2D eigenvalue weighted by molar-refractivity contribution is -0.124. The molecule has 0 saturated carbocycles. The van der Waals surface area contributed by atoms with Gasteiger partial charge in [0.05, 0.1) is 9.77 Å². The lowest BCUT2D eigenvalue weighted by Gasteiger charge is -2.10. The molecule has 0 aliphatic carbocycles. The predicted molar refractivity (Wildman–Crippen MR) is 62.0 cm³/mol. The fourth-order valence-electron chi connectivity index (χ4n) is 0.832. The molecule has 1 aromatic heterocycles. The van der Waals surface area contributed by atoms with E-state index in [0.29, 0.717) is 9.39 Å². The van der Waals surface area contributed by atoms with Gasteiger partial charge in [0.2, 0.25) is 0 Å². The Balaban J connectivity index is 2.77. The lowest BCUT2D eigenvalue weighted by Crippen LogP contribution is -2.27. The van der Waals surface area contributed by atoms with Gasteiger partial charge in [0, 0.05) is 7.11 Å². The van der Waals surface area contributed by atoms with Gasteiger partial charge in [-0.15, -0.1) is 0 Å². The zero-order valence-electron chi connectivity index (χ0n) is 8.25. The van der Waals surface area contributed by atoms with Crippen molar-refractivity contribution in [3.05, 3.63) is 21.7 Å². The summed E-state index contributed by atoms with van der Waals surface area (Å²) in [6, 6.07) is 1.29. The standard InChI is InChI=1S/C9H10FIN2O2/c1-5(15-2)9(14)13-8-7(11)3-6(10)4-12-8/h3-5H,1-2H3,(H,12,13,14)/t5-/m0/s1. The average molecular weight is 324 g/mol. The number of ether oxygens (including phenoxy) is 1. The van der Waals surface area contributed by atoms with E-state index in [2.05, 4.69) is 10.3 Å². The summed E-state index contributed by atoms with van der Waals surface area (Å²) in [5.41, 5.74) is 0. The third-order valence-electron chi connectivity index (χ3n) is 1.77. The van der Waals surface area contributed by atoms with Gasteiger partial charge in [-0.25, -0.2) is 9.37 Å². The number of hydrogen-bond acceptors (Lipinski definition) is 3. The molecule has 1 aromatic rings. The van der Waals surface area contributed by atoms with E-state index in [9.17, 15) is 9.18 Å². The third kappa shape index (κ3) is 3.38. The van der Waals surface area contributed by atoms with Crippen LogP contribution in [0.3, 0.4) is 0 Å². The van der Waals surface area contributed by atoms with Crippen LogP contribution in [0.1, 0.15) is 6.92 Å². The number of amides is 1. The predicted octanol–water partition coefficient (Wildman–Crippen LogP) is 1.80. The van der Waals surface area contributed by atoms with E-state index in [1.807, 2.05) is 22.6 Å². The van der Waals surface area contributed by atoms with Gasteiger partial charge in [0.15, 0.2) is 0 Å². The molecular weight excluding hydrogens is 314 g/mol. The molecule has 6 heteroatoms. The molecule has 0 aromatic carbocycles. The van der Waals surface area contributed by atoms with Crippen molar-refractivity contribution >= 4 is 34.3 Å². The van der Waals surface area contributed by atoms with Crippen molar-refractivity contribution in [1.29, 1.82) is 0 Å². The number of hydrogen-bond donors (Lipinski definition) is 1. The highest BCUT2D eigenvalue weighted by molar-refractivity contribution is 14.1. The van der Waals surface area contributed by atoms with Crippen molar-refractivity contribution in [2.75, 3.05) is 12.4 Å². The Hall–Kier alpha value is -0.760. The Kier molecular flexibility index (Phi) is 4.40. The maximum atomic E-state index is 12.7. The Bertz CT molecular complexity index is 373. The fraction of sp³-hybridized carbons (Fsp3) is 0.333. The van der Waals surface area contributed by atoms with Gasteiger partial charge in [-0.2, -0.15) is 0 Å². The third-order valence-corrected chi connectivity index (χ3v) is 2.59. The van der Waals surface area contributed by atoms with Crippen molar-refractivity contribution in [2.24, 2.45) is 0 Å². The SMILES string of the molecule is CO[C@@H](C)C(=O)Nc1ncc(F)cc1I. The minimum atomic E-state index is -0.562. The van der Waals surface area contributed by atoms with Crippen molar-refractivity contribution in [1.82, 2.24) is 4.98 Å². The number of rotatable bonds is 3. The van der Waals surface area contributed by atoms with Crippen LogP contribution < -0.4 is 5.32 Å². The number of methoxy groups -OCH3 is 1. The number of halogens is 2. The van der Waals surface area contributed by atoms with Gasteiger partial charge in [-0.1, -0.05) is 0 Å². The smallest absolute Gasteiger partial charge is 0.254 e. The highest BCUT2D eigenvalue weighted by Gasteiger charge is 2.13. The summed E-state index contributed by atoms with van der Waals surface area (Å²) in [7, 11) is 1.44. The zero-order chi connectivity index (χ0) is 11.4.